The number of nitrogens with one attached hydrogen (secondary N) is 3. The van der Waals surface area contributed by atoms with Crippen LogP contribution in [-0.2, 0) is 46.7 Å². The molecule has 2 aromatic rings. The summed E-state index contributed by atoms with van der Waals surface area (Å²) in [6.45, 7) is 11.6. The van der Waals surface area contributed by atoms with E-state index < -0.39 is 64.4 Å². The van der Waals surface area contributed by atoms with Crippen molar-refractivity contribution in [2.75, 3.05) is 19.6 Å². The second-order valence-electron chi connectivity index (χ2n) is 14.1. The predicted octanol–water partition coefficient (Wildman–Crippen LogP) is 3.44. The van der Waals surface area contributed by atoms with Gasteiger partial charge in [-0.05, 0) is 42.7 Å². The van der Waals surface area contributed by atoms with Gasteiger partial charge in [0.15, 0.2) is 0 Å². The van der Waals surface area contributed by atoms with Gasteiger partial charge in [-0.2, -0.15) is 4.31 Å². The Kier molecular flexibility index (Phi) is 14.7. The van der Waals surface area contributed by atoms with Crippen LogP contribution in [0.2, 0.25) is 0 Å². The van der Waals surface area contributed by atoms with Crippen molar-refractivity contribution < 1.29 is 42.1 Å². The molecule has 1 heterocycles. The number of benzene rings is 2. The number of carbonyl (C=O) groups is 3. The number of carbonyl (C=O) groups excluding carboxylic acids is 3. The quantitative estimate of drug-likeness (QED) is 0.191. The smallest absolute Gasteiger partial charge is 0.407 e. The number of aliphatic hydroxyl groups is 1. The van der Waals surface area contributed by atoms with Crippen molar-refractivity contribution in [3.63, 3.8) is 0 Å². The second kappa shape index (κ2) is 18.2. The van der Waals surface area contributed by atoms with Crippen LogP contribution >= 0.6 is 0 Å². The Morgan fingerprint density at radius 1 is 0.920 bits per heavy atom. The first kappa shape index (κ1) is 40.3. The van der Waals surface area contributed by atoms with E-state index in [0.717, 1.165) is 21.7 Å². The molecule has 2 aromatic carbocycles. The fourth-order valence-electron chi connectivity index (χ4n) is 5.19. The van der Waals surface area contributed by atoms with Crippen LogP contribution in [-0.4, -0.2) is 86.0 Å². The molecule has 0 aromatic heterocycles. The second-order valence-corrected chi connectivity index (χ2v) is 15.9. The van der Waals surface area contributed by atoms with Crippen LogP contribution in [0.25, 0.3) is 0 Å². The molecule has 0 saturated carbocycles. The van der Waals surface area contributed by atoms with E-state index >= 15 is 0 Å². The van der Waals surface area contributed by atoms with Crippen LogP contribution in [0.15, 0.2) is 72.0 Å². The monoisotopic (exact) mass is 716 g/mol. The highest BCUT2D eigenvalue weighted by Gasteiger charge is 2.39. The SMILES string of the molecule is CC(C)CN(CC(O)C(Cc1ccccc1)NC(=O)C(NC(=O)CNC(=O)OC(C)C)C(C)(C)C)S(=O)(=O)C1=COC(Cc2ccccc2)O1. The molecule has 0 aliphatic carbocycles. The summed E-state index contributed by atoms with van der Waals surface area (Å²) in [6, 6.07) is 16.5. The maximum absolute atomic E-state index is 13.9. The summed E-state index contributed by atoms with van der Waals surface area (Å²) in [4.78, 5) is 38.5. The first-order valence-electron chi connectivity index (χ1n) is 16.8. The highest BCUT2D eigenvalue weighted by molar-refractivity contribution is 7.92. The van der Waals surface area contributed by atoms with Gasteiger partial charge in [-0.15, -0.1) is 0 Å². The first-order chi connectivity index (χ1) is 23.4. The summed E-state index contributed by atoms with van der Waals surface area (Å²) in [5.41, 5.74) is 0.919. The van der Waals surface area contributed by atoms with Crippen molar-refractivity contribution in [2.45, 2.75) is 91.9 Å². The molecule has 276 valence electrons. The lowest BCUT2D eigenvalue weighted by Crippen LogP contribution is -2.59. The zero-order valence-corrected chi connectivity index (χ0v) is 30.7. The zero-order chi connectivity index (χ0) is 37.1. The highest BCUT2D eigenvalue weighted by atomic mass is 32.2. The number of rotatable bonds is 17. The van der Waals surface area contributed by atoms with Gasteiger partial charge >= 0.3 is 6.09 Å². The average molecular weight is 717 g/mol. The number of sulfonamides is 1. The fraction of sp³-hybridized carbons (Fsp3) is 0.528. The molecule has 0 saturated heterocycles. The van der Waals surface area contributed by atoms with Crippen molar-refractivity contribution in [3.05, 3.63) is 83.1 Å². The van der Waals surface area contributed by atoms with E-state index in [1.54, 1.807) is 34.6 Å². The van der Waals surface area contributed by atoms with Gasteiger partial charge in [0.1, 0.15) is 18.8 Å². The molecule has 0 spiro atoms. The average Bonchev–Trinajstić information content (AvgIpc) is 3.51. The van der Waals surface area contributed by atoms with Gasteiger partial charge in [-0.3, -0.25) is 9.59 Å². The molecule has 3 rings (SSSR count). The number of amides is 3. The maximum Gasteiger partial charge on any atom is 0.407 e. The van der Waals surface area contributed by atoms with Crippen molar-refractivity contribution in [1.82, 2.24) is 20.3 Å². The van der Waals surface area contributed by atoms with Gasteiger partial charge in [0.05, 0.1) is 18.2 Å². The third-order valence-corrected chi connectivity index (χ3v) is 9.30. The normalized spacial score (nSPS) is 16.5. The fourth-order valence-corrected chi connectivity index (χ4v) is 6.69. The summed E-state index contributed by atoms with van der Waals surface area (Å²) in [5.74, 6) is -1.32. The molecule has 13 nitrogen and oxygen atoms in total. The molecule has 3 amide bonds. The van der Waals surface area contributed by atoms with Crippen molar-refractivity contribution in [2.24, 2.45) is 11.3 Å². The van der Waals surface area contributed by atoms with Gasteiger partial charge in [-0.1, -0.05) is 95.3 Å². The molecule has 4 unspecified atom stereocenters. The van der Waals surface area contributed by atoms with Crippen molar-refractivity contribution in [3.8, 4) is 0 Å². The summed E-state index contributed by atoms with van der Waals surface area (Å²) in [5, 5.41) is 19.2. The minimum atomic E-state index is -4.25. The topological polar surface area (TPSA) is 173 Å². The largest absolute Gasteiger partial charge is 0.457 e. The van der Waals surface area contributed by atoms with E-state index in [9.17, 15) is 27.9 Å². The Morgan fingerprint density at radius 2 is 1.52 bits per heavy atom. The molecule has 0 radical (unpaired) electrons. The summed E-state index contributed by atoms with van der Waals surface area (Å²) < 4.78 is 45.2. The number of aliphatic hydroxyl groups excluding tert-OH is 1. The lowest BCUT2D eigenvalue weighted by Gasteiger charge is -2.34. The van der Waals surface area contributed by atoms with Crippen molar-refractivity contribution >= 4 is 27.9 Å². The molecule has 1 aliphatic rings. The Hall–Kier alpha value is -4.14. The standard InChI is InChI=1S/C36H52N4O9S/c1-24(2)21-40(50(45,46)32-23-47-31(49-32)19-27-16-12-9-13-17-27)22-29(41)28(18-26-14-10-8-11-15-26)38-34(43)33(36(5,6)7)39-30(42)20-37-35(44)48-25(3)4/h8-17,23-25,28-29,31,33,41H,18-22H2,1-7H3,(H,37,44)(H,38,43)(H,39,42). The van der Waals surface area contributed by atoms with E-state index in [2.05, 4.69) is 16.0 Å². The number of hydrogen-bond donors (Lipinski definition) is 4. The molecule has 0 fully saturated rings. The molecular weight excluding hydrogens is 664 g/mol. The molecular formula is C36H52N4O9S. The van der Waals surface area contributed by atoms with Crippen LogP contribution in [0.5, 0.6) is 0 Å². The minimum absolute atomic E-state index is 0.0579. The number of nitrogens with zero attached hydrogens (tertiary/aromatic N) is 1. The van der Waals surface area contributed by atoms with Crippen LogP contribution in [0.3, 0.4) is 0 Å². The number of ether oxygens (including phenoxy) is 3. The minimum Gasteiger partial charge on any atom is -0.457 e. The molecule has 4 atom stereocenters. The lowest BCUT2D eigenvalue weighted by atomic mass is 9.85. The van der Waals surface area contributed by atoms with Crippen molar-refractivity contribution in [1.29, 1.82) is 0 Å². The Morgan fingerprint density at radius 3 is 2.08 bits per heavy atom. The highest BCUT2D eigenvalue weighted by Crippen LogP contribution is 2.27. The van der Waals surface area contributed by atoms with Gasteiger partial charge < -0.3 is 35.3 Å². The van der Waals surface area contributed by atoms with E-state index in [1.165, 1.54) is 0 Å². The van der Waals surface area contributed by atoms with Crippen LogP contribution in [0.1, 0.15) is 59.6 Å². The van der Waals surface area contributed by atoms with E-state index in [4.69, 9.17) is 14.2 Å². The van der Waals surface area contributed by atoms with Crippen LogP contribution in [0.4, 0.5) is 4.79 Å². The Balaban J connectivity index is 1.80. The summed E-state index contributed by atoms with van der Waals surface area (Å²) in [6.07, 6.45) is -1.78. The van der Waals surface area contributed by atoms with Gasteiger partial charge in [0, 0.05) is 19.5 Å². The van der Waals surface area contributed by atoms with Crippen LogP contribution in [0, 0.1) is 11.3 Å². The number of alkyl carbamates (subject to hydrolysis) is 1. The third kappa shape index (κ3) is 12.6. The maximum atomic E-state index is 13.9. The Bertz CT molecular complexity index is 1540. The predicted molar refractivity (Wildman–Crippen MR) is 189 cm³/mol. The van der Waals surface area contributed by atoms with Gasteiger partial charge in [0.2, 0.25) is 18.1 Å². The van der Waals surface area contributed by atoms with E-state index in [0.29, 0.717) is 6.42 Å². The third-order valence-electron chi connectivity index (χ3n) is 7.62. The van der Waals surface area contributed by atoms with Gasteiger partial charge in [0.25, 0.3) is 15.1 Å². The number of hydrogen-bond acceptors (Lipinski definition) is 9. The molecule has 4 N–H and O–H groups in total. The van der Waals surface area contributed by atoms with E-state index in [-0.39, 0.29) is 36.6 Å². The molecule has 0 bridgehead atoms. The first-order valence-corrected chi connectivity index (χ1v) is 18.2. The van der Waals surface area contributed by atoms with Crippen LogP contribution < -0.4 is 16.0 Å². The molecule has 50 heavy (non-hydrogen) atoms. The summed E-state index contributed by atoms with van der Waals surface area (Å²) >= 11 is 0. The van der Waals surface area contributed by atoms with E-state index in [1.807, 2.05) is 74.5 Å². The lowest BCUT2D eigenvalue weighted by molar-refractivity contribution is -0.132. The molecule has 14 heteroatoms. The molecule has 1 aliphatic heterocycles. The zero-order valence-electron chi connectivity index (χ0n) is 29.9. The summed E-state index contributed by atoms with van der Waals surface area (Å²) in [7, 11) is -4.25. The Labute approximate surface area is 295 Å². The van der Waals surface area contributed by atoms with Gasteiger partial charge in [-0.25, -0.2) is 13.2 Å².